The van der Waals surface area contributed by atoms with E-state index < -0.39 is 5.97 Å². The van der Waals surface area contributed by atoms with Crippen molar-refractivity contribution in [2.75, 3.05) is 4.90 Å². The zero-order valence-corrected chi connectivity index (χ0v) is 12.1. The molecule has 0 aliphatic rings. The topological polar surface area (TPSA) is 70.5 Å². The molecule has 0 atom stereocenters. The lowest BCUT2D eigenvalue weighted by molar-refractivity contribution is -0.131. The number of carbonyl (C=O) groups excluding carboxylic acids is 1. The Bertz CT molecular complexity index is 679. The Labute approximate surface area is 128 Å². The summed E-state index contributed by atoms with van der Waals surface area (Å²) in [5.74, 6) is -1.08. The van der Waals surface area contributed by atoms with E-state index in [1.165, 1.54) is 13.0 Å². The van der Waals surface area contributed by atoms with Crippen molar-refractivity contribution in [2.24, 2.45) is 0 Å². The van der Waals surface area contributed by atoms with E-state index in [1.807, 2.05) is 18.2 Å². The fourth-order valence-electron chi connectivity index (χ4n) is 1.97. The van der Waals surface area contributed by atoms with Gasteiger partial charge in [-0.1, -0.05) is 18.2 Å². The van der Waals surface area contributed by atoms with Gasteiger partial charge in [-0.15, -0.1) is 0 Å². The van der Waals surface area contributed by atoms with Crippen LogP contribution in [0, 0.1) is 0 Å². The number of benzene rings is 1. The number of carboxylic acids is 1. The second-order valence-electron chi connectivity index (χ2n) is 4.69. The van der Waals surface area contributed by atoms with Gasteiger partial charge in [0.1, 0.15) is 0 Å². The van der Waals surface area contributed by atoms with Crippen LogP contribution in [0.3, 0.4) is 0 Å². The highest BCUT2D eigenvalue weighted by atomic mass is 16.4. The van der Waals surface area contributed by atoms with Gasteiger partial charge in [0.2, 0.25) is 5.91 Å². The molecule has 1 aromatic carbocycles. The molecule has 2 aromatic rings. The van der Waals surface area contributed by atoms with Gasteiger partial charge in [0.25, 0.3) is 0 Å². The maximum Gasteiger partial charge on any atom is 0.328 e. The molecule has 0 unspecified atom stereocenters. The predicted molar refractivity (Wildman–Crippen MR) is 84.2 cm³/mol. The summed E-state index contributed by atoms with van der Waals surface area (Å²) in [4.78, 5) is 28.2. The van der Waals surface area contributed by atoms with E-state index in [9.17, 15) is 9.59 Å². The quantitative estimate of drug-likeness (QED) is 0.861. The molecule has 1 heterocycles. The van der Waals surface area contributed by atoms with Gasteiger partial charge in [0, 0.05) is 24.9 Å². The molecule has 0 saturated heterocycles. The van der Waals surface area contributed by atoms with Crippen molar-refractivity contribution in [1.82, 2.24) is 4.98 Å². The summed E-state index contributed by atoms with van der Waals surface area (Å²) in [7, 11) is 0. The summed E-state index contributed by atoms with van der Waals surface area (Å²) in [6.45, 7) is 1.89. The van der Waals surface area contributed by atoms with E-state index in [0.717, 1.165) is 23.0 Å². The molecule has 112 valence electrons. The van der Waals surface area contributed by atoms with E-state index in [-0.39, 0.29) is 5.91 Å². The van der Waals surface area contributed by atoms with Crippen LogP contribution in [0.2, 0.25) is 0 Å². The second-order valence-corrected chi connectivity index (χ2v) is 4.69. The molecule has 0 aliphatic carbocycles. The Morgan fingerprint density at radius 3 is 2.45 bits per heavy atom. The Kier molecular flexibility index (Phi) is 5.03. The lowest BCUT2D eigenvalue weighted by atomic mass is 10.1. The lowest BCUT2D eigenvalue weighted by Gasteiger charge is -2.21. The van der Waals surface area contributed by atoms with Crippen LogP contribution in [-0.4, -0.2) is 22.0 Å². The Balaban J connectivity index is 2.19. The highest BCUT2D eigenvalue weighted by Gasteiger charge is 2.12. The first-order valence-electron chi connectivity index (χ1n) is 6.75. The summed E-state index contributed by atoms with van der Waals surface area (Å²) in [5.41, 5.74) is 2.30. The van der Waals surface area contributed by atoms with Crippen molar-refractivity contribution >= 4 is 23.6 Å². The SMILES string of the molecule is CC(=O)N(Cc1ccccn1)c1ccc(/C=C/C(=O)O)cc1. The summed E-state index contributed by atoms with van der Waals surface area (Å²) < 4.78 is 0. The molecular weight excluding hydrogens is 280 g/mol. The van der Waals surface area contributed by atoms with Crippen molar-refractivity contribution in [1.29, 1.82) is 0 Å². The number of pyridine rings is 1. The number of carbonyl (C=O) groups is 2. The van der Waals surface area contributed by atoms with E-state index in [4.69, 9.17) is 5.11 Å². The molecule has 5 nitrogen and oxygen atoms in total. The van der Waals surface area contributed by atoms with Gasteiger partial charge >= 0.3 is 5.97 Å². The van der Waals surface area contributed by atoms with Crippen LogP contribution in [0.5, 0.6) is 0 Å². The summed E-state index contributed by atoms with van der Waals surface area (Å²) >= 11 is 0. The molecule has 0 saturated carbocycles. The molecule has 1 aromatic heterocycles. The minimum Gasteiger partial charge on any atom is -0.478 e. The highest BCUT2D eigenvalue weighted by molar-refractivity contribution is 5.91. The summed E-state index contributed by atoms with van der Waals surface area (Å²) in [6.07, 6.45) is 4.27. The normalized spacial score (nSPS) is 10.6. The molecule has 1 amide bonds. The van der Waals surface area contributed by atoms with Crippen molar-refractivity contribution in [3.8, 4) is 0 Å². The number of aliphatic carboxylic acids is 1. The zero-order valence-electron chi connectivity index (χ0n) is 12.1. The maximum atomic E-state index is 11.9. The molecule has 0 bridgehead atoms. The lowest BCUT2D eigenvalue weighted by Crippen LogP contribution is -2.28. The standard InChI is InChI=1S/C17H16N2O3/c1-13(20)19(12-15-4-2-3-11-18-15)16-8-5-14(6-9-16)7-10-17(21)22/h2-11H,12H2,1H3,(H,21,22)/b10-7+. The van der Waals surface area contributed by atoms with E-state index in [0.29, 0.717) is 6.54 Å². The van der Waals surface area contributed by atoms with Crippen LogP contribution < -0.4 is 4.90 Å². The summed E-state index contributed by atoms with van der Waals surface area (Å²) in [5, 5.41) is 8.61. The van der Waals surface area contributed by atoms with Crippen LogP contribution in [0.15, 0.2) is 54.7 Å². The van der Waals surface area contributed by atoms with Crippen LogP contribution in [0.4, 0.5) is 5.69 Å². The monoisotopic (exact) mass is 296 g/mol. The molecule has 22 heavy (non-hydrogen) atoms. The minimum absolute atomic E-state index is 0.0838. The smallest absolute Gasteiger partial charge is 0.328 e. The number of hydrogen-bond donors (Lipinski definition) is 1. The first kappa shape index (κ1) is 15.4. The largest absolute Gasteiger partial charge is 0.478 e. The number of anilines is 1. The number of aromatic nitrogens is 1. The van der Waals surface area contributed by atoms with Gasteiger partial charge in [-0.05, 0) is 35.9 Å². The fourth-order valence-corrected chi connectivity index (χ4v) is 1.97. The average Bonchev–Trinajstić information content (AvgIpc) is 2.52. The van der Waals surface area contributed by atoms with Crippen LogP contribution >= 0.6 is 0 Å². The number of nitrogens with zero attached hydrogens (tertiary/aromatic N) is 2. The Morgan fingerprint density at radius 2 is 1.91 bits per heavy atom. The first-order valence-corrected chi connectivity index (χ1v) is 6.75. The highest BCUT2D eigenvalue weighted by Crippen LogP contribution is 2.18. The average molecular weight is 296 g/mol. The molecule has 0 aliphatic heterocycles. The molecule has 5 heteroatoms. The zero-order chi connectivity index (χ0) is 15.9. The van der Waals surface area contributed by atoms with Crippen molar-refractivity contribution in [3.63, 3.8) is 0 Å². The van der Waals surface area contributed by atoms with Gasteiger partial charge in [-0.25, -0.2) is 4.79 Å². The molecule has 2 rings (SSSR count). The third-order valence-corrected chi connectivity index (χ3v) is 3.05. The third-order valence-electron chi connectivity index (χ3n) is 3.05. The first-order chi connectivity index (χ1) is 10.6. The third kappa shape index (κ3) is 4.28. The summed E-state index contributed by atoms with van der Waals surface area (Å²) in [6, 6.07) is 12.7. The van der Waals surface area contributed by atoms with Crippen molar-refractivity contribution in [2.45, 2.75) is 13.5 Å². The van der Waals surface area contributed by atoms with Crippen LogP contribution in [0.25, 0.3) is 6.08 Å². The van der Waals surface area contributed by atoms with Crippen LogP contribution in [0.1, 0.15) is 18.2 Å². The number of hydrogen-bond acceptors (Lipinski definition) is 3. The van der Waals surface area contributed by atoms with Crippen molar-refractivity contribution < 1.29 is 14.7 Å². The van der Waals surface area contributed by atoms with Gasteiger partial charge < -0.3 is 10.0 Å². The van der Waals surface area contributed by atoms with Crippen LogP contribution in [-0.2, 0) is 16.1 Å². The molecule has 1 N–H and O–H groups in total. The number of amides is 1. The Morgan fingerprint density at radius 1 is 1.18 bits per heavy atom. The number of rotatable bonds is 5. The van der Waals surface area contributed by atoms with Crippen molar-refractivity contribution in [3.05, 3.63) is 66.0 Å². The molecule has 0 fully saturated rings. The molecular formula is C17H16N2O3. The van der Waals surface area contributed by atoms with Gasteiger partial charge in [0.05, 0.1) is 12.2 Å². The second kappa shape index (κ2) is 7.17. The van der Waals surface area contributed by atoms with Gasteiger partial charge in [-0.3, -0.25) is 9.78 Å². The van der Waals surface area contributed by atoms with E-state index in [2.05, 4.69) is 4.98 Å². The molecule has 0 radical (unpaired) electrons. The fraction of sp³-hybridized carbons (Fsp3) is 0.118. The van der Waals surface area contributed by atoms with Gasteiger partial charge in [0.15, 0.2) is 0 Å². The maximum absolute atomic E-state index is 11.9. The predicted octanol–water partition coefficient (Wildman–Crippen LogP) is 2.73. The van der Waals surface area contributed by atoms with E-state index in [1.54, 1.807) is 35.4 Å². The Hall–Kier alpha value is -2.95. The van der Waals surface area contributed by atoms with Gasteiger partial charge in [-0.2, -0.15) is 0 Å². The minimum atomic E-state index is -0.996. The molecule has 0 spiro atoms. The van der Waals surface area contributed by atoms with E-state index >= 15 is 0 Å². The number of carboxylic acid groups (broad SMARTS) is 1.